The van der Waals surface area contributed by atoms with Crippen molar-refractivity contribution in [3.8, 4) is 35.2 Å². The summed E-state index contributed by atoms with van der Waals surface area (Å²) in [5.41, 5.74) is 4.95. The summed E-state index contributed by atoms with van der Waals surface area (Å²) in [6, 6.07) is 11.2. The minimum atomic E-state index is -2.46. The standard InChI is InChI=1S/C49H54F3N7O5/c1-6-29-10-12-30(13-11-29)27-62-45-43(42-28(2)38(50)21-39-37(42)22-53-59(39)41-9-7-8-18-61-41)35(31-14-15-31)20-36-44(45)54-47(63-34-16-17-56(25-34)26-40(51)52)55-46(36)57-23-33-19-32(57)24-58(33)48(60)64-49(3,4)5/h1,10-13,20-22,31-34,40-41H,7-9,14-19,23-27H2,2-5H3/t32-,33-,34+,41?/m0/s1. The number of carbonyl (C=O) groups excluding carboxylic acids is 1. The van der Waals surface area contributed by atoms with Gasteiger partial charge in [0.2, 0.25) is 0 Å². The number of halogens is 3. The molecule has 4 atom stereocenters. The number of aromatic nitrogens is 4. The molecule has 1 saturated carbocycles. The minimum Gasteiger partial charge on any atom is -0.486 e. The monoisotopic (exact) mass is 877 g/mol. The second kappa shape index (κ2) is 16.8. The molecule has 0 N–H and O–H groups in total. The van der Waals surface area contributed by atoms with E-state index in [0.717, 1.165) is 71.6 Å². The summed E-state index contributed by atoms with van der Waals surface area (Å²) in [6.45, 7) is 9.52. The Labute approximate surface area is 371 Å². The fourth-order valence-electron chi connectivity index (χ4n) is 10.1. The number of ether oxygens (including phenoxy) is 4. The average molecular weight is 878 g/mol. The van der Waals surface area contributed by atoms with Crippen molar-refractivity contribution >= 4 is 33.7 Å². The molecule has 4 aliphatic heterocycles. The molecule has 3 aromatic carbocycles. The number of benzene rings is 3. The molecule has 15 heteroatoms. The van der Waals surface area contributed by atoms with Gasteiger partial charge in [-0.2, -0.15) is 15.1 Å². The highest BCUT2D eigenvalue weighted by Gasteiger charge is 2.48. The van der Waals surface area contributed by atoms with Crippen LogP contribution < -0.4 is 14.4 Å². The van der Waals surface area contributed by atoms with Crippen LogP contribution in [0.1, 0.15) is 100 Å². The van der Waals surface area contributed by atoms with E-state index in [4.69, 9.17) is 40.4 Å². The van der Waals surface area contributed by atoms with Gasteiger partial charge in [-0.15, -0.1) is 6.42 Å². The van der Waals surface area contributed by atoms with Gasteiger partial charge < -0.3 is 28.7 Å². The van der Waals surface area contributed by atoms with Crippen LogP contribution in [0.3, 0.4) is 0 Å². The summed E-state index contributed by atoms with van der Waals surface area (Å²) in [6.07, 6.45) is 9.82. The summed E-state index contributed by atoms with van der Waals surface area (Å²) >= 11 is 0. The van der Waals surface area contributed by atoms with Crippen LogP contribution in [0, 0.1) is 25.1 Å². The Bertz CT molecular complexity index is 2630. The van der Waals surface area contributed by atoms with Crippen molar-refractivity contribution in [1.82, 2.24) is 29.5 Å². The van der Waals surface area contributed by atoms with Crippen molar-refractivity contribution in [3.63, 3.8) is 0 Å². The molecule has 4 saturated heterocycles. The molecule has 1 unspecified atom stereocenters. The Morgan fingerprint density at radius 1 is 1.00 bits per heavy atom. The Hall–Kier alpha value is -5.59. The second-order valence-corrected chi connectivity index (χ2v) is 19.0. The van der Waals surface area contributed by atoms with Gasteiger partial charge in [0.05, 0.1) is 30.3 Å². The van der Waals surface area contributed by atoms with E-state index in [1.807, 2.05) is 49.9 Å². The minimum absolute atomic E-state index is 0.0718. The summed E-state index contributed by atoms with van der Waals surface area (Å²) < 4.78 is 70.9. The van der Waals surface area contributed by atoms with Gasteiger partial charge in [-0.3, -0.25) is 4.90 Å². The summed E-state index contributed by atoms with van der Waals surface area (Å²) in [5.74, 6) is 3.56. The summed E-state index contributed by atoms with van der Waals surface area (Å²) in [4.78, 5) is 29.4. The lowest BCUT2D eigenvalue weighted by atomic mass is 9.88. The van der Waals surface area contributed by atoms with Crippen LogP contribution in [0.4, 0.5) is 23.8 Å². The van der Waals surface area contributed by atoms with E-state index in [1.54, 1.807) is 28.8 Å². The van der Waals surface area contributed by atoms with Crippen molar-refractivity contribution in [2.75, 3.05) is 44.2 Å². The molecule has 2 aromatic heterocycles. The number of hydrogen-bond acceptors (Lipinski definition) is 10. The second-order valence-electron chi connectivity index (χ2n) is 19.0. The van der Waals surface area contributed by atoms with Gasteiger partial charge in [0.1, 0.15) is 35.5 Å². The molecular formula is C49H54F3N7O5. The zero-order valence-corrected chi connectivity index (χ0v) is 36.8. The number of terminal acetylenes is 1. The molecule has 1 aliphatic carbocycles. The van der Waals surface area contributed by atoms with Gasteiger partial charge in [-0.05, 0) is 113 Å². The van der Waals surface area contributed by atoms with Crippen LogP contribution in [0.5, 0.6) is 11.8 Å². The number of nitrogens with zero attached hydrogens (tertiary/aromatic N) is 7. The SMILES string of the molecule is C#Cc1ccc(COc2c(-c3c(C)c(F)cc4c3cnn4C3CCCCO3)c(C3CC3)cc3c(N4C[C@@H]5C[C@H]4CN5C(=O)OC(C)(C)C)nc(O[C@@H]4CCN(CC(F)F)C4)nc23)cc1. The first kappa shape index (κ1) is 42.4. The van der Waals surface area contributed by atoms with E-state index in [2.05, 4.69) is 16.9 Å². The molecule has 10 rings (SSSR count). The smallest absolute Gasteiger partial charge is 0.410 e. The van der Waals surface area contributed by atoms with Crippen molar-refractivity contribution in [3.05, 3.63) is 70.7 Å². The van der Waals surface area contributed by atoms with E-state index in [9.17, 15) is 13.6 Å². The molecule has 6 heterocycles. The number of anilines is 1. The quantitative estimate of drug-likeness (QED) is 0.119. The molecule has 0 spiro atoms. The van der Waals surface area contributed by atoms with E-state index >= 15 is 4.39 Å². The summed E-state index contributed by atoms with van der Waals surface area (Å²) in [5, 5.41) is 6.34. The fraction of sp³-hybridized carbons (Fsp3) is 0.510. The third-order valence-electron chi connectivity index (χ3n) is 13.3. The molecule has 64 heavy (non-hydrogen) atoms. The van der Waals surface area contributed by atoms with Gasteiger partial charge in [0, 0.05) is 66.3 Å². The molecule has 336 valence electrons. The van der Waals surface area contributed by atoms with E-state index < -0.39 is 18.1 Å². The van der Waals surface area contributed by atoms with Crippen LogP contribution in [0.15, 0.2) is 42.6 Å². The van der Waals surface area contributed by atoms with Gasteiger partial charge in [0.25, 0.3) is 6.43 Å². The predicted molar refractivity (Wildman–Crippen MR) is 236 cm³/mol. The van der Waals surface area contributed by atoms with Crippen LogP contribution in [0.25, 0.3) is 32.9 Å². The Morgan fingerprint density at radius 2 is 1.81 bits per heavy atom. The van der Waals surface area contributed by atoms with Crippen LogP contribution in [-0.2, 0) is 16.1 Å². The van der Waals surface area contributed by atoms with Gasteiger partial charge in [-0.1, -0.05) is 18.1 Å². The lowest BCUT2D eigenvalue weighted by Gasteiger charge is -2.36. The molecule has 5 aromatic rings. The largest absolute Gasteiger partial charge is 0.486 e. The van der Waals surface area contributed by atoms with Gasteiger partial charge >= 0.3 is 12.1 Å². The number of alkyl halides is 2. The lowest BCUT2D eigenvalue weighted by Crippen LogP contribution is -2.50. The summed E-state index contributed by atoms with van der Waals surface area (Å²) in [7, 11) is 0. The van der Waals surface area contributed by atoms with Crippen molar-refractivity contribution in [1.29, 1.82) is 0 Å². The van der Waals surface area contributed by atoms with E-state index in [0.29, 0.717) is 72.9 Å². The molecule has 1 amide bonds. The average Bonchev–Trinajstić information content (AvgIpc) is 3.52. The maximum absolute atomic E-state index is 16.6. The van der Waals surface area contributed by atoms with E-state index in [-0.39, 0.29) is 55.3 Å². The maximum atomic E-state index is 16.6. The Balaban J connectivity index is 1.16. The number of amides is 1. The molecule has 12 nitrogen and oxygen atoms in total. The fourth-order valence-corrected chi connectivity index (χ4v) is 10.1. The van der Waals surface area contributed by atoms with Crippen LogP contribution in [0.2, 0.25) is 0 Å². The van der Waals surface area contributed by atoms with Crippen molar-refractivity contribution < 1.29 is 36.9 Å². The third-order valence-corrected chi connectivity index (χ3v) is 13.3. The number of fused-ring (bicyclic) bond motifs is 4. The molecule has 0 radical (unpaired) electrons. The number of hydrogen-bond donors (Lipinski definition) is 0. The van der Waals surface area contributed by atoms with Crippen LogP contribution in [-0.4, -0.2) is 105 Å². The third kappa shape index (κ3) is 8.19. The molecular weight excluding hydrogens is 824 g/mol. The first-order valence-electron chi connectivity index (χ1n) is 22.6. The lowest BCUT2D eigenvalue weighted by molar-refractivity contribution is -0.0366. The van der Waals surface area contributed by atoms with Crippen LogP contribution >= 0.6 is 0 Å². The zero-order chi connectivity index (χ0) is 44.4. The molecule has 2 bridgehead atoms. The zero-order valence-electron chi connectivity index (χ0n) is 36.8. The first-order chi connectivity index (χ1) is 30.8. The molecule has 5 fully saturated rings. The Morgan fingerprint density at radius 3 is 2.50 bits per heavy atom. The number of rotatable bonds is 11. The van der Waals surface area contributed by atoms with Crippen molar-refractivity contribution in [2.45, 2.75) is 122 Å². The predicted octanol–water partition coefficient (Wildman–Crippen LogP) is 9.15. The highest BCUT2D eigenvalue weighted by atomic mass is 19.3. The maximum Gasteiger partial charge on any atom is 0.410 e. The number of carbonyl (C=O) groups is 1. The first-order valence-corrected chi connectivity index (χ1v) is 22.6. The Kier molecular flexibility index (Phi) is 11.1. The number of piperazine rings is 1. The van der Waals surface area contributed by atoms with Gasteiger partial charge in [0.15, 0.2) is 12.0 Å². The molecule has 5 aliphatic rings. The van der Waals surface area contributed by atoms with Gasteiger partial charge in [-0.25, -0.2) is 22.6 Å². The van der Waals surface area contributed by atoms with Crippen molar-refractivity contribution in [2.24, 2.45) is 0 Å². The number of likely N-dealkylation sites (tertiary alicyclic amines) is 2. The van der Waals surface area contributed by atoms with E-state index in [1.165, 1.54) is 0 Å². The highest BCUT2D eigenvalue weighted by molar-refractivity contribution is 6.06. The highest BCUT2D eigenvalue weighted by Crippen LogP contribution is 2.54. The topological polar surface area (TPSA) is 107 Å². The normalized spacial score (nSPS) is 22.5.